The monoisotopic (exact) mass is 422 g/mol. The Hall–Kier alpha value is -3.31. The zero-order valence-corrected chi connectivity index (χ0v) is 17.6. The normalized spacial score (nSPS) is 11.5. The number of rotatable bonds is 9. The molecule has 0 aliphatic carbocycles. The maximum absolute atomic E-state index is 13.1. The van der Waals surface area contributed by atoms with Gasteiger partial charge in [-0.2, -0.15) is 5.26 Å². The Labute approximate surface area is 179 Å². The van der Waals surface area contributed by atoms with E-state index in [1.165, 1.54) is 11.8 Å². The Morgan fingerprint density at radius 3 is 2.67 bits per heavy atom. The topological polar surface area (TPSA) is 92.3 Å². The van der Waals surface area contributed by atoms with Crippen LogP contribution in [0.1, 0.15) is 20.3 Å². The molecule has 1 unspecified atom stereocenters. The highest BCUT2D eigenvalue weighted by atomic mass is 32.2. The first-order chi connectivity index (χ1) is 14.6. The van der Waals surface area contributed by atoms with Crippen molar-refractivity contribution in [3.05, 3.63) is 54.6 Å². The third-order valence-electron chi connectivity index (χ3n) is 4.23. The van der Waals surface area contributed by atoms with Gasteiger partial charge >= 0.3 is 0 Å². The molecule has 1 atom stereocenters. The number of thioether (sulfide) groups is 1. The molecule has 154 valence electrons. The minimum Gasteiger partial charge on any atom is -0.493 e. The number of carbonyl (C=O) groups is 1. The number of ether oxygens (including phenoxy) is 1. The van der Waals surface area contributed by atoms with Crippen LogP contribution in [-0.2, 0) is 4.79 Å². The predicted octanol–water partition coefficient (Wildman–Crippen LogP) is 4.56. The summed E-state index contributed by atoms with van der Waals surface area (Å²) in [4.78, 5) is 14.7. The molecule has 0 radical (unpaired) electrons. The van der Waals surface area contributed by atoms with Gasteiger partial charge in [0.25, 0.3) is 11.1 Å². The molecule has 0 spiro atoms. The van der Waals surface area contributed by atoms with Gasteiger partial charge in [-0.05, 0) is 38.1 Å². The van der Waals surface area contributed by atoms with Gasteiger partial charge < -0.3 is 14.1 Å². The Kier molecular flexibility index (Phi) is 7.46. The third-order valence-corrected chi connectivity index (χ3v) is 5.15. The average molecular weight is 423 g/mol. The van der Waals surface area contributed by atoms with Crippen molar-refractivity contribution in [2.45, 2.75) is 30.7 Å². The quantitative estimate of drug-likeness (QED) is 0.467. The summed E-state index contributed by atoms with van der Waals surface area (Å²) in [6, 6.07) is 18.8. The number of amides is 1. The number of para-hydroxylation sites is 2. The summed E-state index contributed by atoms with van der Waals surface area (Å²) < 4.78 is 11.4. The lowest BCUT2D eigenvalue weighted by Gasteiger charge is -2.24. The third kappa shape index (κ3) is 5.19. The second kappa shape index (κ2) is 10.5. The summed E-state index contributed by atoms with van der Waals surface area (Å²) in [7, 11) is 0. The second-order valence-electron chi connectivity index (χ2n) is 6.30. The molecule has 0 saturated carbocycles. The first-order valence-corrected chi connectivity index (χ1v) is 10.5. The summed E-state index contributed by atoms with van der Waals surface area (Å²) in [5.74, 6) is 0.873. The Morgan fingerprint density at radius 1 is 1.20 bits per heavy atom. The van der Waals surface area contributed by atoms with Crippen LogP contribution in [0.2, 0.25) is 0 Å². The minimum absolute atomic E-state index is 0.129. The van der Waals surface area contributed by atoms with Crippen LogP contribution in [0.5, 0.6) is 5.75 Å². The standard InChI is InChI=1S/C22H22N4O3S/c1-3-28-19-13-8-7-12-18(19)20-24-25-22(29-20)30-16(2)21(27)26(15-9-14-23)17-10-5-4-6-11-17/h4-8,10-13,16H,3,9,15H2,1-2H3. The number of hydrogen-bond donors (Lipinski definition) is 0. The molecular weight excluding hydrogens is 400 g/mol. The van der Waals surface area contributed by atoms with Gasteiger partial charge in [0.05, 0.1) is 29.9 Å². The van der Waals surface area contributed by atoms with E-state index in [4.69, 9.17) is 14.4 Å². The maximum atomic E-state index is 13.1. The number of carbonyl (C=O) groups excluding carboxylic acids is 1. The van der Waals surface area contributed by atoms with Crippen molar-refractivity contribution < 1.29 is 13.9 Å². The summed E-state index contributed by atoms with van der Waals surface area (Å²) >= 11 is 1.19. The lowest BCUT2D eigenvalue weighted by atomic mass is 10.2. The lowest BCUT2D eigenvalue weighted by Crippen LogP contribution is -2.37. The highest BCUT2D eigenvalue weighted by molar-refractivity contribution is 8.00. The molecular formula is C22H22N4O3S. The van der Waals surface area contributed by atoms with Gasteiger partial charge in [-0.1, -0.05) is 42.1 Å². The van der Waals surface area contributed by atoms with Crippen molar-refractivity contribution in [2.75, 3.05) is 18.1 Å². The van der Waals surface area contributed by atoms with Gasteiger partial charge in [0.1, 0.15) is 5.75 Å². The predicted molar refractivity (Wildman–Crippen MR) is 115 cm³/mol. The summed E-state index contributed by atoms with van der Waals surface area (Å²) in [5, 5.41) is 17.0. The Balaban J connectivity index is 1.75. The van der Waals surface area contributed by atoms with Gasteiger partial charge in [-0.15, -0.1) is 10.2 Å². The van der Waals surface area contributed by atoms with E-state index in [2.05, 4.69) is 16.3 Å². The highest BCUT2D eigenvalue weighted by Crippen LogP contribution is 2.32. The van der Waals surface area contributed by atoms with Crippen molar-refractivity contribution in [3.63, 3.8) is 0 Å². The van der Waals surface area contributed by atoms with E-state index in [1.54, 1.807) is 11.8 Å². The molecule has 1 amide bonds. The van der Waals surface area contributed by atoms with Crippen LogP contribution in [0.15, 0.2) is 64.2 Å². The first kappa shape index (κ1) is 21.4. The van der Waals surface area contributed by atoms with Crippen molar-refractivity contribution in [2.24, 2.45) is 0 Å². The molecule has 2 aromatic carbocycles. The summed E-state index contributed by atoms with van der Waals surface area (Å²) in [6.07, 6.45) is 0.247. The minimum atomic E-state index is -0.473. The zero-order chi connectivity index (χ0) is 21.3. The molecule has 8 heteroatoms. The van der Waals surface area contributed by atoms with Crippen molar-refractivity contribution >= 4 is 23.4 Å². The van der Waals surface area contributed by atoms with E-state index in [9.17, 15) is 4.79 Å². The number of benzene rings is 2. The fourth-order valence-corrected chi connectivity index (χ4v) is 3.59. The van der Waals surface area contributed by atoms with Gasteiger partial charge in [0.2, 0.25) is 5.91 Å². The van der Waals surface area contributed by atoms with E-state index in [0.717, 1.165) is 5.69 Å². The molecule has 0 saturated heterocycles. The Morgan fingerprint density at radius 2 is 1.93 bits per heavy atom. The number of hydrogen-bond acceptors (Lipinski definition) is 7. The van der Waals surface area contributed by atoms with Crippen LogP contribution in [-0.4, -0.2) is 34.5 Å². The van der Waals surface area contributed by atoms with Gasteiger partial charge in [0.15, 0.2) is 0 Å². The van der Waals surface area contributed by atoms with E-state index in [-0.39, 0.29) is 12.3 Å². The van der Waals surface area contributed by atoms with Crippen LogP contribution in [0.3, 0.4) is 0 Å². The second-order valence-corrected chi connectivity index (χ2v) is 7.59. The van der Waals surface area contributed by atoms with Crippen LogP contribution < -0.4 is 9.64 Å². The van der Waals surface area contributed by atoms with Crippen LogP contribution in [0, 0.1) is 11.3 Å². The van der Waals surface area contributed by atoms with E-state index >= 15 is 0 Å². The smallest absolute Gasteiger partial charge is 0.277 e. The highest BCUT2D eigenvalue weighted by Gasteiger charge is 2.25. The largest absolute Gasteiger partial charge is 0.493 e. The molecule has 1 aromatic heterocycles. The Bertz CT molecular complexity index is 1020. The first-order valence-electron chi connectivity index (χ1n) is 9.59. The fraction of sp³-hybridized carbons (Fsp3) is 0.273. The van der Waals surface area contributed by atoms with Crippen molar-refractivity contribution in [1.29, 1.82) is 5.26 Å². The summed E-state index contributed by atoms with van der Waals surface area (Å²) in [5.41, 5.74) is 1.46. The summed E-state index contributed by atoms with van der Waals surface area (Å²) in [6.45, 7) is 4.54. The van der Waals surface area contributed by atoms with Gasteiger partial charge in [-0.3, -0.25) is 4.79 Å². The molecule has 0 aliphatic rings. The molecule has 3 aromatic rings. The van der Waals surface area contributed by atoms with Crippen molar-refractivity contribution in [1.82, 2.24) is 10.2 Å². The molecule has 1 heterocycles. The molecule has 0 fully saturated rings. The number of nitriles is 1. The van der Waals surface area contributed by atoms with Gasteiger partial charge in [-0.25, -0.2) is 0 Å². The number of aromatic nitrogens is 2. The van der Waals surface area contributed by atoms with E-state index < -0.39 is 5.25 Å². The van der Waals surface area contributed by atoms with Crippen LogP contribution >= 0.6 is 11.8 Å². The molecule has 7 nitrogen and oxygen atoms in total. The zero-order valence-electron chi connectivity index (χ0n) is 16.8. The molecule has 0 bridgehead atoms. The molecule has 3 rings (SSSR count). The maximum Gasteiger partial charge on any atom is 0.277 e. The van der Waals surface area contributed by atoms with E-state index in [0.29, 0.717) is 35.6 Å². The number of nitrogens with zero attached hydrogens (tertiary/aromatic N) is 4. The molecule has 30 heavy (non-hydrogen) atoms. The van der Waals surface area contributed by atoms with Crippen LogP contribution in [0.4, 0.5) is 5.69 Å². The fourth-order valence-electron chi connectivity index (χ4n) is 2.85. The SMILES string of the molecule is CCOc1ccccc1-c1nnc(SC(C)C(=O)N(CCC#N)c2ccccc2)o1. The number of anilines is 1. The van der Waals surface area contributed by atoms with Crippen molar-refractivity contribution in [3.8, 4) is 23.3 Å². The molecule has 0 aliphatic heterocycles. The lowest BCUT2D eigenvalue weighted by molar-refractivity contribution is -0.117. The molecule has 0 N–H and O–H groups in total. The average Bonchev–Trinajstić information content (AvgIpc) is 3.23. The van der Waals surface area contributed by atoms with Gasteiger partial charge in [0, 0.05) is 12.2 Å². The van der Waals surface area contributed by atoms with E-state index in [1.807, 2.05) is 61.5 Å². The van der Waals surface area contributed by atoms with Crippen LogP contribution in [0.25, 0.3) is 11.5 Å².